The molecule has 0 radical (unpaired) electrons. The summed E-state index contributed by atoms with van der Waals surface area (Å²) in [5.41, 5.74) is 0.956. The molecule has 0 unspecified atom stereocenters. The zero-order chi connectivity index (χ0) is 27.8. The van der Waals surface area contributed by atoms with Crippen molar-refractivity contribution in [3.05, 3.63) is 45.5 Å². The number of hydrogen-bond donors (Lipinski definition) is 6. The molecule has 0 aliphatic heterocycles. The number of carbonyl (C=O) groups is 3. The van der Waals surface area contributed by atoms with Crippen LogP contribution in [-0.2, 0) is 27.3 Å². The molecule has 3 aliphatic rings. The van der Waals surface area contributed by atoms with Gasteiger partial charge in [-0.2, -0.15) is 0 Å². The number of aliphatic hydroxyl groups excluding tert-OH is 2. The van der Waals surface area contributed by atoms with E-state index >= 15 is 4.39 Å². The van der Waals surface area contributed by atoms with Crippen LogP contribution in [0.15, 0.2) is 23.0 Å². The molecule has 13 heteroatoms. The highest BCUT2D eigenvalue weighted by molar-refractivity contribution is 6.24. The molecular weight excluding hydrogens is 556 g/mol. The lowest BCUT2D eigenvalue weighted by atomic mass is 9.57. The number of hydrogen-bond acceptors (Lipinski definition) is 9. The van der Waals surface area contributed by atoms with E-state index in [1.807, 2.05) is 20.8 Å². The maximum atomic E-state index is 15.6. The molecule has 0 bridgehead atoms. The van der Waals surface area contributed by atoms with Crippen molar-refractivity contribution in [2.24, 2.45) is 17.6 Å². The first kappa shape index (κ1) is 32.5. The number of likely N-dealkylation sites (N-methyl/N-ethyl adjacent to an activating group) is 1. The van der Waals surface area contributed by atoms with Crippen molar-refractivity contribution >= 4 is 48.0 Å². The van der Waals surface area contributed by atoms with E-state index in [2.05, 4.69) is 5.32 Å². The monoisotopic (exact) mass is 589 g/mol. The Hall–Kier alpha value is -2.70. The van der Waals surface area contributed by atoms with Gasteiger partial charge in [0.25, 0.3) is 5.91 Å². The molecule has 0 spiro atoms. The summed E-state index contributed by atoms with van der Waals surface area (Å²) in [5, 5.41) is 47.4. The third kappa shape index (κ3) is 4.91. The topological polar surface area (TPSA) is 173 Å². The van der Waals surface area contributed by atoms with Crippen molar-refractivity contribution in [1.29, 1.82) is 0 Å². The zero-order valence-corrected chi connectivity index (χ0v) is 23.8. The second-order valence-electron chi connectivity index (χ2n) is 11.3. The van der Waals surface area contributed by atoms with Gasteiger partial charge in [-0.1, -0.05) is 0 Å². The summed E-state index contributed by atoms with van der Waals surface area (Å²) in [6.07, 6.45) is -0.201. The van der Waals surface area contributed by atoms with Crippen LogP contribution < -0.4 is 11.1 Å². The molecular formula is C26H34Cl2FN3O7. The second kappa shape index (κ2) is 10.7. The number of fused-ring (bicyclic) bond motifs is 3. The Morgan fingerprint density at radius 2 is 1.79 bits per heavy atom. The molecule has 0 saturated heterocycles. The Morgan fingerprint density at radius 1 is 1.21 bits per heavy atom. The van der Waals surface area contributed by atoms with Crippen molar-refractivity contribution in [2.75, 3.05) is 14.1 Å². The first-order valence-corrected chi connectivity index (χ1v) is 11.9. The van der Waals surface area contributed by atoms with Gasteiger partial charge in [0.1, 0.15) is 28.7 Å². The molecule has 39 heavy (non-hydrogen) atoms. The van der Waals surface area contributed by atoms with E-state index in [1.165, 1.54) is 25.1 Å². The minimum atomic E-state index is -2.73. The van der Waals surface area contributed by atoms with Crippen LogP contribution in [0.3, 0.4) is 0 Å². The summed E-state index contributed by atoms with van der Waals surface area (Å²) < 4.78 is 15.6. The number of primary amides is 1. The van der Waals surface area contributed by atoms with Crippen LogP contribution in [0, 0.1) is 17.7 Å². The third-order valence-corrected chi connectivity index (χ3v) is 7.54. The van der Waals surface area contributed by atoms with Crippen molar-refractivity contribution < 1.29 is 39.2 Å². The van der Waals surface area contributed by atoms with Crippen LogP contribution in [0.25, 0.3) is 5.76 Å². The normalized spacial score (nSPS) is 26.4. The Labute approximate surface area is 237 Å². The van der Waals surface area contributed by atoms with Crippen molar-refractivity contribution in [3.8, 4) is 5.75 Å². The predicted molar refractivity (Wildman–Crippen MR) is 145 cm³/mol. The van der Waals surface area contributed by atoms with Crippen molar-refractivity contribution in [1.82, 2.24) is 10.2 Å². The van der Waals surface area contributed by atoms with Gasteiger partial charge in [-0.15, -0.1) is 24.8 Å². The molecule has 0 aromatic heterocycles. The van der Waals surface area contributed by atoms with E-state index in [1.54, 1.807) is 0 Å². The number of ketones is 2. The lowest BCUT2D eigenvalue weighted by Gasteiger charge is -2.50. The van der Waals surface area contributed by atoms with Gasteiger partial charge in [0.15, 0.2) is 11.4 Å². The fraction of sp³-hybridized carbons (Fsp3) is 0.500. The van der Waals surface area contributed by atoms with E-state index in [4.69, 9.17) is 5.73 Å². The van der Waals surface area contributed by atoms with E-state index in [0.29, 0.717) is 0 Å². The van der Waals surface area contributed by atoms with Gasteiger partial charge in [-0.3, -0.25) is 19.3 Å². The van der Waals surface area contributed by atoms with Crippen LogP contribution in [-0.4, -0.2) is 74.1 Å². The molecule has 10 nitrogen and oxygen atoms in total. The highest BCUT2D eigenvalue weighted by atomic mass is 35.5. The van der Waals surface area contributed by atoms with Gasteiger partial charge in [-0.25, -0.2) is 4.39 Å². The first-order chi connectivity index (χ1) is 17.0. The number of rotatable bonds is 4. The van der Waals surface area contributed by atoms with Gasteiger partial charge in [-0.05, 0) is 59.7 Å². The van der Waals surface area contributed by atoms with E-state index in [0.717, 1.165) is 0 Å². The zero-order valence-electron chi connectivity index (χ0n) is 22.2. The molecule has 1 saturated carbocycles. The number of aromatic hydroxyl groups is 1. The van der Waals surface area contributed by atoms with Gasteiger partial charge in [0.2, 0.25) is 5.78 Å². The summed E-state index contributed by atoms with van der Waals surface area (Å²) in [6, 6.07) is -0.0309. The molecule has 4 atom stereocenters. The minimum Gasteiger partial charge on any atom is -0.508 e. The molecule has 0 heterocycles. The molecule has 3 aliphatic carbocycles. The fourth-order valence-electron chi connectivity index (χ4n) is 5.84. The van der Waals surface area contributed by atoms with Crippen LogP contribution in [0.1, 0.15) is 43.9 Å². The van der Waals surface area contributed by atoms with E-state index in [-0.39, 0.29) is 72.0 Å². The van der Waals surface area contributed by atoms with Crippen molar-refractivity contribution in [3.63, 3.8) is 0 Å². The quantitative estimate of drug-likeness (QED) is 0.286. The Morgan fingerprint density at radius 3 is 2.31 bits per heavy atom. The number of aliphatic hydroxyl groups is 3. The van der Waals surface area contributed by atoms with Crippen LogP contribution in [0.4, 0.5) is 4.39 Å². The summed E-state index contributed by atoms with van der Waals surface area (Å²) >= 11 is 0. The summed E-state index contributed by atoms with van der Waals surface area (Å²) in [4.78, 5) is 40.3. The average molecular weight is 590 g/mol. The number of Topliss-reactive ketones (excluding diaryl/α,β-unsaturated/α-hetero) is 2. The predicted octanol–water partition coefficient (Wildman–Crippen LogP) is 1.83. The number of carbonyl (C=O) groups excluding carboxylic acids is 3. The Balaban J connectivity index is 0.00000267. The van der Waals surface area contributed by atoms with E-state index < -0.39 is 69.6 Å². The van der Waals surface area contributed by atoms with Crippen LogP contribution >= 0.6 is 24.8 Å². The number of nitrogens with one attached hydrogen (secondary N) is 1. The maximum absolute atomic E-state index is 15.6. The Kier molecular flexibility index (Phi) is 8.92. The second-order valence-corrected chi connectivity index (χ2v) is 11.3. The smallest absolute Gasteiger partial charge is 0.255 e. The lowest BCUT2D eigenvalue weighted by Crippen LogP contribution is -2.65. The van der Waals surface area contributed by atoms with Crippen molar-refractivity contribution in [2.45, 2.75) is 57.3 Å². The maximum Gasteiger partial charge on any atom is 0.255 e. The summed E-state index contributed by atoms with van der Waals surface area (Å²) in [7, 11) is 3.03. The van der Waals surface area contributed by atoms with Gasteiger partial charge >= 0.3 is 0 Å². The highest BCUT2D eigenvalue weighted by Crippen LogP contribution is 2.53. The first-order valence-electron chi connectivity index (χ1n) is 11.9. The number of nitrogens with zero attached hydrogens (tertiary/aromatic N) is 1. The molecule has 7 N–H and O–H groups in total. The SMILES string of the molecule is CN(C)[C@@H]1C(=O)C(C(N)=O)=C(O)[C@@]2(O)C(=O)C3=C(O)c4c(O)cc(CNC(C)(C)C)c(F)c4C[C@H]3C[C@@H]12.Cl.Cl. The molecule has 1 aromatic rings. The van der Waals surface area contributed by atoms with Gasteiger partial charge < -0.3 is 31.5 Å². The molecule has 4 rings (SSSR count). The average Bonchev–Trinajstić information content (AvgIpc) is 2.76. The number of halogens is 3. The molecule has 1 amide bonds. The Bertz CT molecular complexity index is 1310. The summed E-state index contributed by atoms with van der Waals surface area (Å²) in [6.45, 7) is 5.81. The van der Waals surface area contributed by atoms with Crippen LogP contribution in [0.5, 0.6) is 5.75 Å². The van der Waals surface area contributed by atoms with E-state index in [9.17, 15) is 34.8 Å². The fourth-order valence-corrected chi connectivity index (χ4v) is 5.84. The largest absolute Gasteiger partial charge is 0.508 e. The number of nitrogens with two attached hydrogens (primary N) is 1. The number of phenolic OH excluding ortho intramolecular Hbond substituents is 1. The highest BCUT2D eigenvalue weighted by Gasteiger charge is 2.64. The standard InChI is InChI=1S/C26H32FN3O7.2ClH/c1-25(2,3)29-9-11-8-14(31)16-12(18(11)27)6-10-7-13-19(30(4)5)21(33)17(24(28)36)23(35)26(13,37)22(34)15(10)20(16)32;;/h8,10,13,19,29,31-32,35,37H,6-7,9H2,1-5H3,(H2,28,36);2*1H/t10-,13-,19-,26-;;/m0../s1. The number of amides is 1. The minimum absolute atomic E-state index is 0. The molecule has 1 fully saturated rings. The molecule has 1 aromatic carbocycles. The lowest BCUT2D eigenvalue weighted by molar-refractivity contribution is -0.153. The molecule has 216 valence electrons. The number of benzene rings is 1. The van der Waals surface area contributed by atoms with Gasteiger partial charge in [0.05, 0.1) is 11.6 Å². The third-order valence-electron chi connectivity index (χ3n) is 7.54. The summed E-state index contributed by atoms with van der Waals surface area (Å²) in [5.74, 6) is -8.31. The number of phenols is 1. The van der Waals surface area contributed by atoms with Crippen LogP contribution in [0.2, 0.25) is 0 Å². The van der Waals surface area contributed by atoms with Gasteiger partial charge in [0, 0.05) is 34.7 Å².